The van der Waals surface area contributed by atoms with Gasteiger partial charge in [0.2, 0.25) is 0 Å². The van der Waals surface area contributed by atoms with Crippen LogP contribution in [0.1, 0.15) is 32.8 Å². The molecule has 0 spiro atoms. The Morgan fingerprint density at radius 3 is 2.73 bits per heavy atom. The predicted octanol–water partition coefficient (Wildman–Crippen LogP) is 3.06. The summed E-state index contributed by atoms with van der Waals surface area (Å²) in [4.78, 5) is 11.5. The maximum absolute atomic E-state index is 11.5. The number of carbonyl (C=O) groups is 1. The van der Waals surface area contributed by atoms with E-state index in [0.717, 1.165) is 6.42 Å². The summed E-state index contributed by atoms with van der Waals surface area (Å²) in [6.45, 7) is 6.10. The van der Waals surface area contributed by atoms with Crippen molar-refractivity contribution < 1.29 is 9.53 Å². The van der Waals surface area contributed by atoms with Crippen molar-refractivity contribution in [1.29, 1.82) is 0 Å². The predicted molar refractivity (Wildman–Crippen MR) is 63.4 cm³/mol. The Kier molecular flexibility index (Phi) is 4.48. The van der Waals surface area contributed by atoms with Gasteiger partial charge in [-0.25, -0.2) is 0 Å². The molecule has 0 amide bonds. The zero-order chi connectivity index (χ0) is 11.3. The Balaban J connectivity index is 2.20. The molecular weight excluding hydrogens is 208 g/mol. The third-order valence-electron chi connectivity index (χ3n) is 1.94. The fourth-order valence-corrected chi connectivity index (χ4v) is 1.79. The summed E-state index contributed by atoms with van der Waals surface area (Å²) >= 11 is 1.67. The molecule has 0 atom stereocenters. The molecule has 0 aliphatic carbocycles. The highest BCUT2D eigenvalue weighted by Crippen LogP contribution is 2.10. The van der Waals surface area contributed by atoms with E-state index in [-0.39, 0.29) is 18.0 Å². The first-order valence-corrected chi connectivity index (χ1v) is 6.08. The maximum Gasteiger partial charge on any atom is 0.158 e. The number of ketones is 1. The molecule has 3 heteroatoms. The van der Waals surface area contributed by atoms with E-state index in [1.54, 1.807) is 11.3 Å². The van der Waals surface area contributed by atoms with E-state index in [1.165, 1.54) is 5.56 Å². The van der Waals surface area contributed by atoms with Gasteiger partial charge in [-0.15, -0.1) is 0 Å². The summed E-state index contributed by atoms with van der Waals surface area (Å²) in [6, 6.07) is 2.06. The fraction of sp³-hybridized carbons (Fsp3) is 0.583. The molecule has 0 aliphatic rings. The van der Waals surface area contributed by atoms with Crippen molar-refractivity contribution in [2.24, 2.45) is 0 Å². The van der Waals surface area contributed by atoms with Crippen molar-refractivity contribution in [2.75, 3.05) is 6.61 Å². The van der Waals surface area contributed by atoms with Crippen LogP contribution in [0, 0.1) is 0 Å². The van der Waals surface area contributed by atoms with Gasteiger partial charge in [0.1, 0.15) is 6.61 Å². The Labute approximate surface area is 95.3 Å². The molecule has 84 valence electrons. The van der Waals surface area contributed by atoms with E-state index in [2.05, 4.69) is 11.4 Å². The molecule has 0 aromatic carbocycles. The monoisotopic (exact) mass is 226 g/mol. The van der Waals surface area contributed by atoms with E-state index >= 15 is 0 Å². The van der Waals surface area contributed by atoms with E-state index in [0.29, 0.717) is 6.42 Å². The SMILES string of the molecule is CC(C)(C)OCC(=O)CCc1ccsc1. The number of hydrogen-bond donors (Lipinski definition) is 0. The van der Waals surface area contributed by atoms with Gasteiger partial charge in [-0.05, 0) is 49.6 Å². The number of aryl methyl sites for hydroxylation is 1. The van der Waals surface area contributed by atoms with Crippen LogP contribution in [0.2, 0.25) is 0 Å². The Morgan fingerprint density at radius 2 is 2.20 bits per heavy atom. The van der Waals surface area contributed by atoms with Gasteiger partial charge in [-0.2, -0.15) is 11.3 Å². The molecule has 1 rings (SSSR count). The van der Waals surface area contributed by atoms with Crippen LogP contribution in [0.15, 0.2) is 16.8 Å². The lowest BCUT2D eigenvalue weighted by Gasteiger charge is -2.18. The average Bonchev–Trinajstić information content (AvgIpc) is 2.62. The summed E-state index contributed by atoms with van der Waals surface area (Å²) in [5.74, 6) is 0.177. The standard InChI is InChI=1S/C12H18O2S/c1-12(2,3)14-8-11(13)5-4-10-6-7-15-9-10/h6-7,9H,4-5,8H2,1-3H3. The molecule has 2 nitrogen and oxygen atoms in total. The van der Waals surface area contributed by atoms with Crippen molar-refractivity contribution >= 4 is 17.1 Å². The lowest BCUT2D eigenvalue weighted by Crippen LogP contribution is -2.23. The maximum atomic E-state index is 11.5. The summed E-state index contributed by atoms with van der Waals surface area (Å²) < 4.78 is 5.41. The highest BCUT2D eigenvalue weighted by molar-refractivity contribution is 7.07. The number of Topliss-reactive ketones (excluding diaryl/α,β-unsaturated/α-hetero) is 1. The normalized spacial score (nSPS) is 11.7. The minimum Gasteiger partial charge on any atom is -0.368 e. The highest BCUT2D eigenvalue weighted by atomic mass is 32.1. The van der Waals surface area contributed by atoms with Crippen molar-refractivity contribution in [3.05, 3.63) is 22.4 Å². The van der Waals surface area contributed by atoms with Gasteiger partial charge in [0.15, 0.2) is 5.78 Å². The van der Waals surface area contributed by atoms with Crippen molar-refractivity contribution in [2.45, 2.75) is 39.2 Å². The van der Waals surface area contributed by atoms with Gasteiger partial charge in [-0.1, -0.05) is 0 Å². The van der Waals surface area contributed by atoms with Gasteiger partial charge in [0.05, 0.1) is 5.60 Å². The first-order valence-electron chi connectivity index (χ1n) is 5.14. The summed E-state index contributed by atoms with van der Waals surface area (Å²) in [6.07, 6.45) is 1.41. The molecular formula is C12H18O2S. The van der Waals surface area contributed by atoms with Crippen molar-refractivity contribution in [3.8, 4) is 0 Å². The number of carbonyl (C=O) groups excluding carboxylic acids is 1. The average molecular weight is 226 g/mol. The van der Waals surface area contributed by atoms with Gasteiger partial charge < -0.3 is 4.74 Å². The van der Waals surface area contributed by atoms with Crippen LogP contribution in [0.25, 0.3) is 0 Å². The minimum absolute atomic E-state index is 0.177. The molecule has 0 saturated heterocycles. The second kappa shape index (κ2) is 5.42. The fourth-order valence-electron chi connectivity index (χ4n) is 1.09. The van der Waals surface area contributed by atoms with Gasteiger partial charge in [0, 0.05) is 6.42 Å². The number of rotatable bonds is 5. The second-order valence-electron chi connectivity index (χ2n) is 4.57. The number of ether oxygens (including phenoxy) is 1. The van der Waals surface area contributed by atoms with Crippen LogP contribution in [0.4, 0.5) is 0 Å². The van der Waals surface area contributed by atoms with Crippen molar-refractivity contribution in [1.82, 2.24) is 0 Å². The quantitative estimate of drug-likeness (QED) is 0.771. The number of thiophene rings is 1. The Bertz CT molecular complexity index is 296. The largest absolute Gasteiger partial charge is 0.368 e. The van der Waals surface area contributed by atoms with E-state index in [4.69, 9.17) is 4.74 Å². The summed E-state index contributed by atoms with van der Waals surface area (Å²) in [5, 5.41) is 4.11. The van der Waals surface area contributed by atoms with Gasteiger partial charge in [-0.3, -0.25) is 4.79 Å². The van der Waals surface area contributed by atoms with Gasteiger partial charge >= 0.3 is 0 Å². The molecule has 1 aromatic heterocycles. The smallest absolute Gasteiger partial charge is 0.158 e. The molecule has 0 bridgehead atoms. The second-order valence-corrected chi connectivity index (χ2v) is 5.35. The van der Waals surface area contributed by atoms with E-state index in [1.807, 2.05) is 26.2 Å². The van der Waals surface area contributed by atoms with E-state index < -0.39 is 0 Å². The first-order chi connectivity index (χ1) is 6.97. The van der Waals surface area contributed by atoms with Gasteiger partial charge in [0.25, 0.3) is 0 Å². The molecule has 15 heavy (non-hydrogen) atoms. The Morgan fingerprint density at radius 1 is 1.47 bits per heavy atom. The summed E-state index contributed by atoms with van der Waals surface area (Å²) in [5.41, 5.74) is 1.02. The number of hydrogen-bond acceptors (Lipinski definition) is 3. The van der Waals surface area contributed by atoms with Crippen LogP contribution in [0.3, 0.4) is 0 Å². The van der Waals surface area contributed by atoms with Crippen LogP contribution in [-0.2, 0) is 16.0 Å². The molecule has 0 radical (unpaired) electrons. The molecule has 0 unspecified atom stereocenters. The highest BCUT2D eigenvalue weighted by Gasteiger charge is 2.12. The zero-order valence-corrected chi connectivity index (χ0v) is 10.4. The Hall–Kier alpha value is -0.670. The molecule has 1 aromatic rings. The first kappa shape index (κ1) is 12.4. The molecule has 0 fully saturated rings. The lowest BCUT2D eigenvalue weighted by atomic mass is 10.1. The molecule has 0 N–H and O–H groups in total. The van der Waals surface area contributed by atoms with Crippen LogP contribution < -0.4 is 0 Å². The molecule has 1 heterocycles. The zero-order valence-electron chi connectivity index (χ0n) is 9.58. The summed E-state index contributed by atoms with van der Waals surface area (Å²) in [7, 11) is 0. The van der Waals surface area contributed by atoms with E-state index in [9.17, 15) is 4.79 Å². The van der Waals surface area contributed by atoms with Crippen LogP contribution in [-0.4, -0.2) is 18.0 Å². The van der Waals surface area contributed by atoms with Crippen molar-refractivity contribution in [3.63, 3.8) is 0 Å². The lowest BCUT2D eigenvalue weighted by molar-refractivity contribution is -0.128. The minimum atomic E-state index is -0.224. The topological polar surface area (TPSA) is 26.3 Å². The van der Waals surface area contributed by atoms with Crippen LogP contribution >= 0.6 is 11.3 Å². The molecule has 0 saturated carbocycles. The third kappa shape index (κ3) is 5.70. The van der Waals surface area contributed by atoms with Crippen LogP contribution in [0.5, 0.6) is 0 Å². The third-order valence-corrected chi connectivity index (χ3v) is 2.67. The molecule has 0 aliphatic heterocycles.